The topological polar surface area (TPSA) is 113 Å². The van der Waals surface area contributed by atoms with Crippen LogP contribution in [0.3, 0.4) is 0 Å². The predicted octanol–water partition coefficient (Wildman–Crippen LogP) is 4.98. The summed E-state index contributed by atoms with van der Waals surface area (Å²) in [7, 11) is 0. The van der Waals surface area contributed by atoms with Crippen molar-refractivity contribution in [3.63, 3.8) is 0 Å². The van der Waals surface area contributed by atoms with Crippen molar-refractivity contribution in [3.05, 3.63) is 77.9 Å². The van der Waals surface area contributed by atoms with Gasteiger partial charge in [-0.2, -0.15) is 10.2 Å². The monoisotopic (exact) mass is 552 g/mol. The first-order chi connectivity index (χ1) is 19.7. The van der Waals surface area contributed by atoms with E-state index in [1.54, 1.807) is 29.2 Å². The summed E-state index contributed by atoms with van der Waals surface area (Å²) in [5, 5.41) is 12.3. The van der Waals surface area contributed by atoms with E-state index in [1.165, 1.54) is 11.8 Å². The lowest BCUT2D eigenvalue weighted by molar-refractivity contribution is -0.137. The van der Waals surface area contributed by atoms with Crippen LogP contribution >= 0.6 is 0 Å². The molecule has 0 unspecified atom stereocenters. The van der Waals surface area contributed by atoms with Gasteiger partial charge in [0, 0.05) is 56.9 Å². The van der Waals surface area contributed by atoms with Gasteiger partial charge in [-0.25, -0.2) is 4.39 Å². The largest absolute Gasteiger partial charge is 0.358 e. The average molecular weight is 553 g/mol. The first kappa shape index (κ1) is 26.4. The molecule has 3 aromatic heterocycles. The number of benzene rings is 2. The van der Waals surface area contributed by atoms with E-state index in [1.807, 2.05) is 50.2 Å². The lowest BCUT2D eigenvalue weighted by Gasteiger charge is -2.24. The highest BCUT2D eigenvalue weighted by Gasteiger charge is 2.40. The van der Waals surface area contributed by atoms with Gasteiger partial charge in [-0.1, -0.05) is 6.07 Å². The van der Waals surface area contributed by atoms with Crippen molar-refractivity contribution in [2.24, 2.45) is 0 Å². The number of nitrogens with one attached hydrogen (secondary N) is 2. The molecular formula is C31H29FN6O3. The molecule has 9 nitrogen and oxygen atoms in total. The minimum atomic E-state index is -1.31. The predicted molar refractivity (Wildman–Crippen MR) is 154 cm³/mol. The molecule has 2 N–H and O–H groups in total. The Morgan fingerprint density at radius 2 is 1.88 bits per heavy atom. The first-order valence-electron chi connectivity index (χ1n) is 13.4. The molecule has 2 amide bonds. The average Bonchev–Trinajstić information content (AvgIpc) is 3.62. The van der Waals surface area contributed by atoms with Crippen molar-refractivity contribution in [2.45, 2.75) is 46.0 Å². The third-order valence-electron chi connectivity index (χ3n) is 7.93. The summed E-state index contributed by atoms with van der Waals surface area (Å²) in [4.78, 5) is 43.9. The van der Waals surface area contributed by atoms with E-state index in [2.05, 4.69) is 20.5 Å². The SMILES string of the molecule is CC(=O)c1cn(CC(=O)N2C[C@H](F)C[C@H]2C(=O)Nc2ccc3[nH]c(C)c(C)c3c2)c2ccc(-c3ccnnc3)cc12. The molecular weight excluding hydrogens is 523 g/mol. The van der Waals surface area contributed by atoms with Gasteiger partial charge in [0.2, 0.25) is 11.8 Å². The molecule has 4 heterocycles. The molecule has 1 fully saturated rings. The maximum absolute atomic E-state index is 14.6. The summed E-state index contributed by atoms with van der Waals surface area (Å²) < 4.78 is 16.3. The van der Waals surface area contributed by atoms with E-state index in [9.17, 15) is 18.8 Å². The van der Waals surface area contributed by atoms with E-state index in [0.29, 0.717) is 22.2 Å². The maximum Gasteiger partial charge on any atom is 0.247 e. The Labute approximate surface area is 235 Å². The zero-order chi connectivity index (χ0) is 28.8. The Morgan fingerprint density at radius 1 is 1.05 bits per heavy atom. The van der Waals surface area contributed by atoms with Crippen LogP contribution in [0.1, 0.15) is 35.0 Å². The van der Waals surface area contributed by atoms with E-state index >= 15 is 0 Å². The van der Waals surface area contributed by atoms with Crippen molar-refractivity contribution in [3.8, 4) is 11.1 Å². The third-order valence-corrected chi connectivity index (χ3v) is 7.93. The number of ketones is 1. The first-order valence-corrected chi connectivity index (χ1v) is 13.4. The van der Waals surface area contributed by atoms with Gasteiger partial charge in [0.1, 0.15) is 18.8 Å². The van der Waals surface area contributed by atoms with E-state index in [4.69, 9.17) is 0 Å². The molecule has 0 saturated carbocycles. The number of alkyl halides is 1. The normalized spacial score (nSPS) is 16.9. The van der Waals surface area contributed by atoms with Gasteiger partial charge in [-0.3, -0.25) is 14.4 Å². The van der Waals surface area contributed by atoms with Gasteiger partial charge in [0.05, 0.1) is 18.9 Å². The van der Waals surface area contributed by atoms with Crippen molar-refractivity contribution >= 4 is 45.1 Å². The summed E-state index contributed by atoms with van der Waals surface area (Å²) in [6.07, 6.45) is 3.50. The van der Waals surface area contributed by atoms with Crippen molar-refractivity contribution in [1.29, 1.82) is 0 Å². The summed E-state index contributed by atoms with van der Waals surface area (Å²) >= 11 is 0. The number of aromatic nitrogens is 4. The molecule has 0 spiro atoms. The second kappa shape index (κ2) is 10.3. The number of aromatic amines is 1. The van der Waals surface area contributed by atoms with Crippen LogP contribution in [0.2, 0.25) is 0 Å². The van der Waals surface area contributed by atoms with Crippen molar-refractivity contribution < 1.29 is 18.8 Å². The van der Waals surface area contributed by atoms with Gasteiger partial charge in [0.15, 0.2) is 5.78 Å². The summed E-state index contributed by atoms with van der Waals surface area (Å²) in [6, 6.07) is 12.1. The quantitative estimate of drug-likeness (QED) is 0.289. The fourth-order valence-electron chi connectivity index (χ4n) is 5.66. The number of halogens is 1. The zero-order valence-electron chi connectivity index (χ0n) is 22.9. The highest BCUT2D eigenvalue weighted by Crippen LogP contribution is 2.30. The second-order valence-electron chi connectivity index (χ2n) is 10.6. The van der Waals surface area contributed by atoms with Gasteiger partial charge >= 0.3 is 0 Å². The van der Waals surface area contributed by atoms with E-state index in [-0.39, 0.29) is 25.3 Å². The maximum atomic E-state index is 14.6. The Bertz CT molecular complexity index is 1830. The Hall–Kier alpha value is -4.86. The third kappa shape index (κ3) is 4.86. The van der Waals surface area contributed by atoms with Crippen LogP contribution in [0.4, 0.5) is 10.1 Å². The summed E-state index contributed by atoms with van der Waals surface area (Å²) in [5.74, 6) is -0.967. The van der Waals surface area contributed by atoms with Crippen LogP contribution in [0.25, 0.3) is 32.9 Å². The number of anilines is 1. The number of rotatable bonds is 6. The van der Waals surface area contributed by atoms with Gasteiger partial charge < -0.3 is 19.8 Å². The molecule has 2 aromatic carbocycles. The molecule has 0 aliphatic carbocycles. The minimum Gasteiger partial charge on any atom is -0.358 e. The molecule has 6 rings (SSSR count). The molecule has 1 aliphatic rings. The number of carbonyl (C=O) groups is 3. The van der Waals surface area contributed by atoms with Crippen LogP contribution < -0.4 is 5.32 Å². The number of hydrogen-bond acceptors (Lipinski definition) is 5. The number of aryl methyl sites for hydroxylation is 2. The Balaban J connectivity index is 1.25. The van der Waals surface area contributed by atoms with Crippen LogP contribution in [-0.4, -0.2) is 61.0 Å². The van der Waals surface area contributed by atoms with Crippen LogP contribution in [0.15, 0.2) is 61.1 Å². The molecule has 1 aliphatic heterocycles. The molecule has 1 saturated heterocycles. The summed E-state index contributed by atoms with van der Waals surface area (Å²) in [5.41, 5.74) is 6.56. The Morgan fingerprint density at radius 3 is 2.63 bits per heavy atom. The van der Waals surface area contributed by atoms with Crippen LogP contribution in [0, 0.1) is 13.8 Å². The second-order valence-corrected chi connectivity index (χ2v) is 10.6. The molecule has 5 aromatic rings. The Kier molecular flexibility index (Phi) is 6.61. The number of Topliss-reactive ketones (excluding diaryl/α,β-unsaturated/α-hetero) is 1. The molecule has 0 radical (unpaired) electrons. The summed E-state index contributed by atoms with van der Waals surface area (Å²) in [6.45, 7) is 5.17. The van der Waals surface area contributed by atoms with Gasteiger partial charge in [0.25, 0.3) is 0 Å². The van der Waals surface area contributed by atoms with E-state index in [0.717, 1.165) is 33.3 Å². The highest BCUT2D eigenvalue weighted by molar-refractivity contribution is 6.08. The smallest absolute Gasteiger partial charge is 0.247 e. The zero-order valence-corrected chi connectivity index (χ0v) is 22.9. The lowest BCUT2D eigenvalue weighted by atomic mass is 10.0. The number of likely N-dealkylation sites (tertiary alicyclic amines) is 1. The highest BCUT2D eigenvalue weighted by atomic mass is 19.1. The fourth-order valence-corrected chi connectivity index (χ4v) is 5.66. The number of amides is 2. The van der Waals surface area contributed by atoms with E-state index < -0.39 is 24.0 Å². The van der Waals surface area contributed by atoms with Crippen LogP contribution in [0.5, 0.6) is 0 Å². The number of carbonyl (C=O) groups excluding carboxylic acids is 3. The van der Waals surface area contributed by atoms with Crippen molar-refractivity contribution in [2.75, 3.05) is 11.9 Å². The molecule has 208 valence electrons. The number of fused-ring (bicyclic) bond motifs is 2. The molecule has 10 heteroatoms. The van der Waals surface area contributed by atoms with Gasteiger partial charge in [-0.05, 0) is 68.3 Å². The number of nitrogens with zero attached hydrogens (tertiary/aromatic N) is 4. The van der Waals surface area contributed by atoms with Crippen LogP contribution in [-0.2, 0) is 16.1 Å². The lowest BCUT2D eigenvalue weighted by Crippen LogP contribution is -2.44. The standard InChI is InChI=1S/C31H29FN6O3/c1-17-18(2)35-27-6-5-23(12-24(17)27)36-31(41)29-11-22(32)14-38(29)30(40)16-37-15-26(19(3)39)25-10-20(4-7-28(25)37)21-8-9-33-34-13-21/h4-10,12-13,15,22,29,35H,11,14,16H2,1-3H3,(H,36,41)/t22-,29+/m1/s1. The minimum absolute atomic E-state index is 0.0729. The van der Waals surface area contributed by atoms with Gasteiger partial charge in [-0.15, -0.1) is 0 Å². The molecule has 2 atom stereocenters. The van der Waals surface area contributed by atoms with Crippen molar-refractivity contribution in [1.82, 2.24) is 24.6 Å². The molecule has 41 heavy (non-hydrogen) atoms. The fraction of sp³-hybridized carbons (Fsp3) is 0.258. The number of hydrogen-bond donors (Lipinski definition) is 2. The number of H-pyrrole nitrogens is 1. The molecule has 0 bridgehead atoms.